The van der Waals surface area contributed by atoms with Crippen LogP contribution in [0, 0.1) is 11.3 Å². The number of nitrogens with zero attached hydrogens (tertiary/aromatic N) is 3. The second-order valence-electron chi connectivity index (χ2n) is 29.6. The van der Waals surface area contributed by atoms with E-state index in [-0.39, 0.29) is 128 Å². The molecule has 5 rings (SSSR count). The first-order valence-corrected chi connectivity index (χ1v) is 40.6. The number of rotatable bonds is 53. The lowest BCUT2D eigenvalue weighted by Crippen LogP contribution is -2.62. The number of guanidine groups is 1. The molecule has 120 heavy (non-hydrogen) atoms. The summed E-state index contributed by atoms with van der Waals surface area (Å²) in [7, 11) is 0. The predicted molar refractivity (Wildman–Crippen MR) is 435 cm³/mol. The summed E-state index contributed by atoms with van der Waals surface area (Å²) in [5.74, 6) is -17.9. The molecule has 27 N–H and O–H groups in total. The van der Waals surface area contributed by atoms with Gasteiger partial charge >= 0.3 is 17.9 Å². The number of likely N-dealkylation sites (tertiary alicyclic amines) is 2. The number of imidazole rings is 1. The van der Waals surface area contributed by atoms with Crippen LogP contribution < -0.4 is 86.7 Å². The molecule has 0 bridgehead atoms. The monoisotopic (exact) mass is 1700 g/mol. The Morgan fingerprint density at radius 3 is 1.48 bits per heavy atom. The number of aliphatic hydroxyl groups is 2. The number of aliphatic hydroxyl groups excluding tert-OH is 2. The van der Waals surface area contributed by atoms with Crippen LogP contribution in [0.15, 0.2) is 73.2 Å². The number of hydrogen-bond donors (Lipinski definition) is 24. The molecule has 0 unspecified atom stereocenters. The van der Waals surface area contributed by atoms with Crippen LogP contribution in [0.2, 0.25) is 0 Å². The van der Waals surface area contributed by atoms with Crippen molar-refractivity contribution >= 4 is 113 Å². The summed E-state index contributed by atoms with van der Waals surface area (Å²) in [4.78, 5) is 231. The van der Waals surface area contributed by atoms with Gasteiger partial charge in [0.2, 0.25) is 76.8 Å². The van der Waals surface area contributed by atoms with Gasteiger partial charge in [-0.2, -0.15) is 12.6 Å². The number of carboxylic acids is 3. The van der Waals surface area contributed by atoms with Gasteiger partial charge in [-0.05, 0) is 121 Å². The lowest BCUT2D eigenvalue weighted by molar-refractivity contribution is -0.144. The van der Waals surface area contributed by atoms with E-state index >= 15 is 0 Å². The molecule has 0 radical (unpaired) electrons. The van der Waals surface area contributed by atoms with Gasteiger partial charge in [0.25, 0.3) is 0 Å². The highest BCUT2D eigenvalue weighted by Crippen LogP contribution is 2.24. The number of carbonyl (C=O) groups excluding carboxylic acids is 13. The first kappa shape index (κ1) is 99.2. The summed E-state index contributed by atoms with van der Waals surface area (Å²) >= 11 is 4.40. The standard InChI is InChI=1S/C77H117N21O21S/c1-4-42(2)61(95-69(111)56(40-120)94-71(113)58-26-17-33-98(58)75(117)54(35-45-20-9-6-10-21-45)92-67(109)53(36-46-38-83-41-85-46)91-73(115)62(43(3)100)96-63(105)47(80)37-60(103)104)72(114)87-48(22-11-13-29-78)64(106)90-52(34-44-18-7-5-8-19-44)66(108)88-50(27-28-59(101)102)74(116)97-32-16-25-57(97)70(112)86-49(24-15-31-84-77(81)82)65(107)93-55(39-99)68(110)89-51(76(118)119)23-12-14-30-79/h5-10,18-21,38,41-43,47-58,61-62,99-100,120H,4,11-17,22-37,39-40,78-80H2,1-3H3,(H,83,85)(H,86,112)(H,87,114)(H,88,108)(H,89,110)(H,90,106)(H,91,115)(H,92,109)(H,93,107)(H,94,113)(H,95,111)(H,96,105)(H,101,102)(H,103,104)(H,118,119)(H4,81,82,84)/t42-,43+,47-,48-,49-,50-,51-,52-,53-,54-,55-,56-,57-,58-,61-,62-/m0/s1. The van der Waals surface area contributed by atoms with Crippen molar-refractivity contribution in [1.29, 1.82) is 5.41 Å². The lowest BCUT2D eigenvalue weighted by Gasteiger charge is -2.32. The molecule has 3 aromatic rings. The van der Waals surface area contributed by atoms with Crippen LogP contribution in [0.5, 0.6) is 0 Å². The number of aromatic amines is 1. The van der Waals surface area contributed by atoms with Crippen molar-refractivity contribution in [2.24, 2.45) is 28.9 Å². The summed E-state index contributed by atoms with van der Waals surface area (Å²) in [6, 6.07) is -4.48. The first-order valence-electron chi connectivity index (χ1n) is 40.0. The predicted octanol–water partition coefficient (Wildman–Crippen LogP) is -5.63. The average molecular weight is 1700 g/mol. The molecule has 0 saturated carbocycles. The fourth-order valence-electron chi connectivity index (χ4n) is 13.5. The Morgan fingerprint density at radius 1 is 0.533 bits per heavy atom. The Hall–Kier alpha value is -11.4. The van der Waals surface area contributed by atoms with Gasteiger partial charge in [0.1, 0.15) is 78.5 Å². The molecule has 2 aromatic carbocycles. The van der Waals surface area contributed by atoms with Gasteiger partial charge in [-0.1, -0.05) is 80.9 Å². The molecule has 2 saturated heterocycles. The van der Waals surface area contributed by atoms with E-state index in [0.29, 0.717) is 30.4 Å². The molecule has 16 atom stereocenters. The highest BCUT2D eigenvalue weighted by atomic mass is 32.1. The van der Waals surface area contributed by atoms with E-state index in [9.17, 15) is 102 Å². The number of nitrogens with one attached hydrogen (secondary N) is 14. The second kappa shape index (κ2) is 51.1. The van der Waals surface area contributed by atoms with Gasteiger partial charge in [0, 0.05) is 57.3 Å². The number of carbonyl (C=O) groups is 16. The maximum Gasteiger partial charge on any atom is 0.326 e. The van der Waals surface area contributed by atoms with Crippen LogP contribution in [0.1, 0.15) is 140 Å². The highest BCUT2D eigenvalue weighted by molar-refractivity contribution is 7.80. The van der Waals surface area contributed by atoms with E-state index in [0.717, 1.165) is 11.8 Å². The Kier molecular flexibility index (Phi) is 42.3. The van der Waals surface area contributed by atoms with Crippen LogP contribution in [0.3, 0.4) is 0 Å². The Labute approximate surface area is 698 Å². The number of nitrogens with two attached hydrogens (primary N) is 4. The van der Waals surface area contributed by atoms with Crippen LogP contribution in [0.4, 0.5) is 0 Å². The number of hydrogen-bond acceptors (Lipinski definition) is 24. The van der Waals surface area contributed by atoms with Crippen LogP contribution in [-0.4, -0.2) is 282 Å². The molecule has 0 spiro atoms. The van der Waals surface area contributed by atoms with Crippen LogP contribution in [0.25, 0.3) is 0 Å². The molecular formula is C77H117N21O21S. The Bertz CT molecular complexity index is 3950. The van der Waals surface area contributed by atoms with Gasteiger partial charge in [-0.15, -0.1) is 0 Å². The van der Waals surface area contributed by atoms with Gasteiger partial charge in [-0.25, -0.2) is 9.78 Å². The summed E-state index contributed by atoms with van der Waals surface area (Å²) < 4.78 is 0. The number of amides is 13. The molecule has 2 fully saturated rings. The molecule has 2 aliphatic rings. The molecule has 3 heterocycles. The minimum absolute atomic E-state index is 0.00585. The molecule has 43 heteroatoms. The number of unbranched alkanes of at least 4 members (excludes halogenated alkanes) is 2. The fourth-order valence-corrected chi connectivity index (χ4v) is 13.7. The number of carboxylic acid groups (broad SMARTS) is 3. The van der Waals surface area contributed by atoms with Crippen molar-refractivity contribution < 1.29 is 102 Å². The van der Waals surface area contributed by atoms with Crippen molar-refractivity contribution in [1.82, 2.24) is 83.6 Å². The normalized spacial score (nSPS) is 17.2. The van der Waals surface area contributed by atoms with Gasteiger partial charge in [0.15, 0.2) is 5.96 Å². The number of benzene rings is 2. The third-order valence-corrected chi connectivity index (χ3v) is 20.7. The van der Waals surface area contributed by atoms with Crippen molar-refractivity contribution in [3.63, 3.8) is 0 Å². The number of aromatic nitrogens is 2. The maximum absolute atomic E-state index is 15.0. The molecule has 2 aliphatic heterocycles. The maximum atomic E-state index is 15.0. The van der Waals surface area contributed by atoms with E-state index < -0.39 is 223 Å². The zero-order valence-corrected chi connectivity index (χ0v) is 68.3. The first-order chi connectivity index (χ1) is 57.1. The van der Waals surface area contributed by atoms with Gasteiger partial charge < -0.3 is 127 Å². The SMILES string of the molecule is CC[C@H](C)[C@H](NC(=O)[C@H](CS)NC(=O)[C@@H]1CCCN1C(=O)[C@H](Cc1ccccc1)NC(=O)[C@H](Cc1c[nH]cn1)NC(=O)[C@@H](NC(=O)[C@@H](N)CC(=O)O)[C@@H](C)O)C(=O)N[C@@H](CCCCN)C(=O)N[C@@H](Cc1ccccc1)C(=O)N[C@@H](CCC(=O)O)C(=O)N1CCC[C@H]1C(=O)N[C@@H](CCCNC(=N)N)C(=O)N[C@@H](CO)C(=O)N[C@@H](CCCCN)C(=O)O. The van der Waals surface area contributed by atoms with Crippen LogP contribution >= 0.6 is 12.6 Å². The highest BCUT2D eigenvalue weighted by Gasteiger charge is 2.44. The molecule has 1 aromatic heterocycles. The second-order valence-corrected chi connectivity index (χ2v) is 29.9. The zero-order valence-electron chi connectivity index (χ0n) is 67.4. The van der Waals surface area contributed by atoms with Crippen molar-refractivity contribution in [2.75, 3.05) is 45.1 Å². The number of thiol groups is 1. The van der Waals surface area contributed by atoms with E-state index in [4.69, 9.17) is 28.3 Å². The molecule has 0 aliphatic carbocycles. The summed E-state index contributed by atoms with van der Waals surface area (Å²) in [6.07, 6.45) is 0.289. The van der Waals surface area contributed by atoms with Crippen molar-refractivity contribution in [3.05, 3.63) is 90.0 Å². The van der Waals surface area contributed by atoms with E-state index in [1.165, 1.54) is 17.4 Å². The fraction of sp³-hybridized carbons (Fsp3) is 0.584. The molecular weight excluding hydrogens is 1590 g/mol. The van der Waals surface area contributed by atoms with Crippen molar-refractivity contribution in [2.45, 2.75) is 233 Å². The molecule has 13 amide bonds. The molecule has 662 valence electrons. The van der Waals surface area contributed by atoms with Gasteiger partial charge in [-0.3, -0.25) is 77.3 Å². The summed E-state index contributed by atoms with van der Waals surface area (Å²) in [5.41, 5.74) is 23.9. The Morgan fingerprint density at radius 2 is 0.975 bits per heavy atom. The quantitative estimate of drug-likeness (QED) is 0.0108. The van der Waals surface area contributed by atoms with E-state index in [2.05, 4.69) is 86.4 Å². The van der Waals surface area contributed by atoms with Crippen molar-refractivity contribution in [3.8, 4) is 0 Å². The van der Waals surface area contributed by atoms with Gasteiger partial charge in [0.05, 0.1) is 37.2 Å². The minimum atomic E-state index is -1.76. The average Bonchev–Trinajstić information content (AvgIpc) is 1.61. The van der Waals surface area contributed by atoms with Crippen LogP contribution in [-0.2, 0) is 96.0 Å². The molecule has 42 nitrogen and oxygen atoms in total. The lowest BCUT2D eigenvalue weighted by atomic mass is 9.97. The largest absolute Gasteiger partial charge is 0.481 e. The topological polar surface area (TPSA) is 682 Å². The third kappa shape index (κ3) is 32.4. The van der Waals surface area contributed by atoms with E-state index in [1.807, 2.05) is 0 Å². The summed E-state index contributed by atoms with van der Waals surface area (Å²) in [5, 5.41) is 87.9. The Balaban J connectivity index is 1.36. The third-order valence-electron chi connectivity index (χ3n) is 20.3. The minimum Gasteiger partial charge on any atom is -0.481 e. The zero-order chi connectivity index (χ0) is 88.7. The summed E-state index contributed by atoms with van der Waals surface area (Å²) in [6.45, 7) is 3.83. The number of aliphatic carboxylic acids is 3. The smallest absolute Gasteiger partial charge is 0.326 e. The van der Waals surface area contributed by atoms with E-state index in [1.54, 1.807) is 74.5 Å². The number of H-pyrrole nitrogens is 1.